The van der Waals surface area contributed by atoms with Gasteiger partial charge in [0.1, 0.15) is 5.69 Å². The van der Waals surface area contributed by atoms with E-state index in [1.807, 2.05) is 0 Å². The van der Waals surface area contributed by atoms with Gasteiger partial charge in [-0.05, 0) is 134 Å². The molecule has 0 unspecified atom stereocenters. The highest BCUT2D eigenvalue weighted by Crippen LogP contribution is 2.29. The molecule has 2 nitrogen and oxygen atoms in total. The fourth-order valence-electron chi connectivity index (χ4n) is 7.38. The van der Waals surface area contributed by atoms with Crippen molar-refractivity contribution in [3.05, 3.63) is 68.9 Å². The quantitative estimate of drug-likeness (QED) is 0.0486. The molecule has 2 aromatic rings. The molecule has 0 radical (unpaired) electrons. The van der Waals surface area contributed by atoms with Gasteiger partial charge in [0.2, 0.25) is 5.70 Å². The van der Waals surface area contributed by atoms with Gasteiger partial charge in [-0.3, -0.25) is 0 Å². The van der Waals surface area contributed by atoms with Crippen LogP contribution in [-0.4, -0.2) is 11.2 Å². The van der Waals surface area contributed by atoms with E-state index in [-0.39, 0.29) is 0 Å². The number of allylic oxidation sites excluding steroid dienone is 1. The van der Waals surface area contributed by atoms with E-state index in [0.717, 1.165) is 25.1 Å². The molecule has 2 rings (SSSR count). The summed E-state index contributed by atoms with van der Waals surface area (Å²) in [6, 6.07) is 9.91. The monoisotopic (exact) mass is 672 g/mol. The van der Waals surface area contributed by atoms with E-state index in [1.165, 1.54) is 169 Å². The Bertz CT molecular complexity index is 1230. The molecule has 2 heteroatoms. The van der Waals surface area contributed by atoms with Crippen LogP contribution in [0.4, 0.5) is 5.69 Å². The van der Waals surface area contributed by atoms with Crippen LogP contribution >= 0.6 is 0 Å². The zero-order valence-electron chi connectivity index (χ0n) is 34.0. The van der Waals surface area contributed by atoms with Crippen molar-refractivity contribution < 1.29 is 4.70 Å². The number of unbranched alkanes of at least 4 members (excludes halogenated alkanes) is 13. The lowest BCUT2D eigenvalue weighted by Gasteiger charge is -2.17. The van der Waals surface area contributed by atoms with Gasteiger partial charge in [0.15, 0.2) is 6.54 Å². The van der Waals surface area contributed by atoms with E-state index in [1.54, 1.807) is 16.7 Å². The van der Waals surface area contributed by atoms with Gasteiger partial charge in [-0.15, -0.1) is 0 Å². The van der Waals surface area contributed by atoms with E-state index in [2.05, 4.69) is 90.4 Å². The SMILES string of the molecule is CCCCCCCCc1cc(N=[N+](CC)C(=Cc2cc(CCCC)c(CCCC)c(CCCCCCCC)c2)CC)cc(CCCC)c1C. The summed E-state index contributed by atoms with van der Waals surface area (Å²) in [5.74, 6) is 0. The van der Waals surface area contributed by atoms with Gasteiger partial charge < -0.3 is 0 Å². The van der Waals surface area contributed by atoms with Gasteiger partial charge in [-0.1, -0.05) is 142 Å². The fourth-order valence-corrected chi connectivity index (χ4v) is 7.38. The molecule has 0 aliphatic carbocycles. The number of benzene rings is 2. The molecular weight excluding hydrogens is 593 g/mol. The van der Waals surface area contributed by atoms with Crippen LogP contribution in [0.15, 0.2) is 35.1 Å². The molecule has 0 fully saturated rings. The second-order valence-corrected chi connectivity index (χ2v) is 14.9. The Hall–Kier alpha value is -2.22. The Balaban J connectivity index is 2.50. The van der Waals surface area contributed by atoms with Crippen molar-refractivity contribution in [2.75, 3.05) is 6.54 Å². The number of rotatable bonds is 28. The van der Waals surface area contributed by atoms with Crippen LogP contribution in [0.1, 0.15) is 209 Å². The number of azo groups is 2. The lowest BCUT2D eigenvalue weighted by molar-refractivity contribution is -0.539. The number of aryl methyl sites for hydroxylation is 4. The van der Waals surface area contributed by atoms with Crippen molar-refractivity contribution in [1.29, 1.82) is 0 Å². The van der Waals surface area contributed by atoms with Crippen LogP contribution in [0.3, 0.4) is 0 Å². The van der Waals surface area contributed by atoms with E-state index in [9.17, 15) is 0 Å². The highest BCUT2D eigenvalue weighted by Gasteiger charge is 2.17. The zero-order chi connectivity index (χ0) is 35.7. The van der Waals surface area contributed by atoms with Crippen molar-refractivity contribution >= 4 is 11.8 Å². The molecule has 0 amide bonds. The number of hydrogen-bond donors (Lipinski definition) is 0. The number of hydrogen-bond acceptors (Lipinski definition) is 1. The second kappa shape index (κ2) is 26.6. The maximum Gasteiger partial charge on any atom is 0.208 e. The van der Waals surface area contributed by atoms with Crippen LogP contribution in [0.5, 0.6) is 0 Å². The predicted octanol–water partition coefficient (Wildman–Crippen LogP) is 15.4. The van der Waals surface area contributed by atoms with Crippen molar-refractivity contribution in [1.82, 2.24) is 0 Å². The first-order chi connectivity index (χ1) is 24.0. The average Bonchev–Trinajstić information content (AvgIpc) is 3.11. The third-order valence-electron chi connectivity index (χ3n) is 10.6. The summed E-state index contributed by atoms with van der Waals surface area (Å²) < 4.78 is 2.30. The summed E-state index contributed by atoms with van der Waals surface area (Å²) in [6.07, 6.45) is 33.2. The lowest BCUT2D eigenvalue weighted by atomic mass is 9.88. The normalized spacial score (nSPS) is 12.3. The first-order valence-electron chi connectivity index (χ1n) is 21.4. The van der Waals surface area contributed by atoms with Gasteiger partial charge in [-0.25, -0.2) is 0 Å². The molecule has 0 saturated carbocycles. The lowest BCUT2D eigenvalue weighted by Crippen LogP contribution is -2.09. The molecule has 276 valence electrons. The largest absolute Gasteiger partial charge is 0.208 e. The summed E-state index contributed by atoms with van der Waals surface area (Å²) in [4.78, 5) is 0. The molecule has 49 heavy (non-hydrogen) atoms. The summed E-state index contributed by atoms with van der Waals surface area (Å²) in [5.41, 5.74) is 13.3. The molecule has 0 heterocycles. The maximum absolute atomic E-state index is 5.39. The molecule has 0 aromatic heterocycles. The van der Waals surface area contributed by atoms with E-state index < -0.39 is 0 Å². The topological polar surface area (TPSA) is 15.4 Å². The minimum absolute atomic E-state index is 0.881. The Labute approximate surface area is 305 Å². The molecular formula is C47H79N2+. The molecule has 0 bridgehead atoms. The first kappa shape index (κ1) is 42.9. The average molecular weight is 672 g/mol. The van der Waals surface area contributed by atoms with Crippen LogP contribution in [-0.2, 0) is 32.1 Å². The maximum atomic E-state index is 5.39. The van der Waals surface area contributed by atoms with E-state index in [0.29, 0.717) is 0 Å². The van der Waals surface area contributed by atoms with Crippen molar-refractivity contribution in [2.24, 2.45) is 5.11 Å². The van der Waals surface area contributed by atoms with Crippen LogP contribution in [0.25, 0.3) is 6.08 Å². The summed E-state index contributed by atoms with van der Waals surface area (Å²) in [7, 11) is 0. The minimum Gasteiger partial charge on any atom is -0.0882 e. The second-order valence-electron chi connectivity index (χ2n) is 14.9. The third kappa shape index (κ3) is 16.1. The van der Waals surface area contributed by atoms with Crippen LogP contribution < -0.4 is 0 Å². The molecule has 0 atom stereocenters. The highest BCUT2D eigenvalue weighted by atomic mass is 15.3. The van der Waals surface area contributed by atoms with Gasteiger partial charge in [0.25, 0.3) is 0 Å². The Kier molecular flexibility index (Phi) is 23.3. The summed E-state index contributed by atoms with van der Waals surface area (Å²) in [5, 5.41) is 5.39. The van der Waals surface area contributed by atoms with Gasteiger partial charge >= 0.3 is 0 Å². The summed E-state index contributed by atoms with van der Waals surface area (Å²) in [6.45, 7) is 19.4. The van der Waals surface area contributed by atoms with Gasteiger partial charge in [-0.2, -0.15) is 0 Å². The van der Waals surface area contributed by atoms with E-state index >= 15 is 0 Å². The van der Waals surface area contributed by atoms with Crippen LogP contribution in [0.2, 0.25) is 0 Å². The van der Waals surface area contributed by atoms with Crippen molar-refractivity contribution in [2.45, 2.75) is 209 Å². The number of nitrogens with zero attached hydrogens (tertiary/aromatic N) is 2. The highest BCUT2D eigenvalue weighted by molar-refractivity contribution is 5.56. The molecule has 0 spiro atoms. The third-order valence-corrected chi connectivity index (χ3v) is 10.6. The van der Waals surface area contributed by atoms with Crippen molar-refractivity contribution in [3.63, 3.8) is 0 Å². The smallest absolute Gasteiger partial charge is 0.0882 e. The minimum atomic E-state index is 0.881. The molecule has 2 aromatic carbocycles. The van der Waals surface area contributed by atoms with E-state index in [4.69, 9.17) is 5.11 Å². The first-order valence-corrected chi connectivity index (χ1v) is 21.4. The molecule has 0 aliphatic heterocycles. The van der Waals surface area contributed by atoms with Crippen LogP contribution in [0, 0.1) is 6.92 Å². The standard InChI is InChI=1S/C47H79N2/c1-9-16-21-23-25-27-31-42-38-45(37-41(39(42)8)29-18-11-3)48-49(15-7)46(14-6)36-40-34-43(30-19-12-4)47(33-20-13-5)44(35-40)32-28-26-24-22-17-10-2/h34-38H,9-33H2,1-8H3/q+1. The molecule has 0 aliphatic rings. The fraction of sp³-hybridized carbons (Fsp3) is 0.702. The molecule has 0 saturated heterocycles. The Morgan fingerprint density at radius 3 is 1.43 bits per heavy atom. The van der Waals surface area contributed by atoms with Gasteiger partial charge in [0.05, 0.1) is 0 Å². The summed E-state index contributed by atoms with van der Waals surface area (Å²) >= 11 is 0. The molecule has 0 N–H and O–H groups in total. The van der Waals surface area contributed by atoms with Crippen molar-refractivity contribution in [3.8, 4) is 0 Å². The Morgan fingerprint density at radius 2 is 0.939 bits per heavy atom. The Morgan fingerprint density at radius 1 is 0.510 bits per heavy atom. The predicted molar refractivity (Wildman–Crippen MR) is 219 cm³/mol. The zero-order valence-corrected chi connectivity index (χ0v) is 34.0. The van der Waals surface area contributed by atoms with Gasteiger partial charge in [0, 0.05) is 12.5 Å².